The van der Waals surface area contributed by atoms with Crippen LogP contribution in [0.5, 0.6) is 0 Å². The Morgan fingerprint density at radius 1 is 1.27 bits per heavy atom. The van der Waals surface area contributed by atoms with E-state index in [0.717, 1.165) is 25.7 Å². The molecule has 0 aromatic rings. The van der Waals surface area contributed by atoms with Crippen LogP contribution in [-0.2, 0) is 11.3 Å². The summed E-state index contributed by atoms with van der Waals surface area (Å²) in [6.45, 7) is 0. The van der Waals surface area contributed by atoms with Crippen molar-refractivity contribution in [1.29, 1.82) is 0 Å². The summed E-state index contributed by atoms with van der Waals surface area (Å²) in [6.07, 6.45) is 5.59. The Morgan fingerprint density at radius 3 is 2.27 bits per heavy atom. The van der Waals surface area contributed by atoms with Gasteiger partial charge in [0.15, 0.2) is 0 Å². The molecule has 0 radical (unpaired) electrons. The molecule has 0 bridgehead atoms. The van der Waals surface area contributed by atoms with E-state index in [0.29, 0.717) is 0 Å². The Kier molecular flexibility index (Phi) is 5.67. The Balaban J connectivity index is 0.000001000. The van der Waals surface area contributed by atoms with Gasteiger partial charge in [-0.05, 0) is 12.8 Å². The van der Waals surface area contributed by atoms with Crippen LogP contribution >= 0.6 is 0 Å². The molecule has 1 aliphatic carbocycles. The van der Waals surface area contributed by atoms with Gasteiger partial charge >= 0.3 is 0 Å². The largest absolute Gasteiger partial charge is 0.760 e. The fourth-order valence-electron chi connectivity index (χ4n) is 1.36. The highest BCUT2D eigenvalue weighted by molar-refractivity contribution is 7.77. The van der Waals surface area contributed by atoms with Crippen molar-refractivity contribution in [1.82, 2.24) is 10.9 Å². The maximum absolute atomic E-state index is 10.2. The highest BCUT2D eigenvalue weighted by Crippen LogP contribution is 2.17. The predicted molar refractivity (Wildman–Crippen MR) is 44.0 cm³/mol. The third kappa shape index (κ3) is 4.47. The van der Waals surface area contributed by atoms with E-state index < -0.39 is 11.3 Å². The average molecular weight is 179 g/mol. The molecule has 1 rings (SSSR count). The van der Waals surface area contributed by atoms with Gasteiger partial charge in [0.1, 0.15) is 0 Å². The molecule has 4 N–H and O–H groups in total. The molecule has 1 saturated carbocycles. The van der Waals surface area contributed by atoms with Crippen LogP contribution in [0.4, 0.5) is 0 Å². The molecular weight excluding hydrogens is 164 g/mol. The van der Waals surface area contributed by atoms with Crippen LogP contribution in [0.2, 0.25) is 0 Å². The lowest BCUT2D eigenvalue weighted by Gasteiger charge is -2.23. The maximum Gasteiger partial charge on any atom is 0.0184 e. The predicted octanol–water partition coefficient (Wildman–Crippen LogP) is 0.865. The molecule has 5 heteroatoms. The first-order valence-corrected chi connectivity index (χ1v) is 4.72. The molecule has 0 aliphatic heterocycles. The van der Waals surface area contributed by atoms with Gasteiger partial charge in [0, 0.05) is 17.3 Å². The van der Waals surface area contributed by atoms with Crippen molar-refractivity contribution >= 4 is 11.3 Å². The molecule has 0 heterocycles. The van der Waals surface area contributed by atoms with Crippen LogP contribution in [0.15, 0.2) is 0 Å². The monoisotopic (exact) mass is 179 g/mol. The molecular formula is C6H15N2O2S-. The van der Waals surface area contributed by atoms with E-state index in [4.69, 9.17) is 0 Å². The normalized spacial score (nSPS) is 22.3. The van der Waals surface area contributed by atoms with Crippen molar-refractivity contribution in [3.05, 3.63) is 0 Å². The summed E-state index contributed by atoms with van der Waals surface area (Å²) in [5, 5.41) is 0. The van der Waals surface area contributed by atoms with Gasteiger partial charge in [-0.1, -0.05) is 19.3 Å². The lowest BCUT2D eigenvalue weighted by Crippen LogP contribution is -2.32. The molecule has 1 fully saturated rings. The summed E-state index contributed by atoms with van der Waals surface area (Å²) >= 11 is -2.06. The minimum absolute atomic E-state index is 0. The molecule has 4 nitrogen and oxygen atoms in total. The number of hydrogen-bond donors (Lipinski definition) is 2. The Morgan fingerprint density at radius 2 is 1.82 bits per heavy atom. The zero-order valence-electron chi connectivity index (χ0n) is 6.54. The van der Waals surface area contributed by atoms with E-state index in [1.165, 1.54) is 6.42 Å². The zero-order chi connectivity index (χ0) is 7.40. The van der Waals surface area contributed by atoms with Gasteiger partial charge in [0.05, 0.1) is 0 Å². The fourth-order valence-corrected chi connectivity index (χ4v) is 1.86. The maximum atomic E-state index is 10.2. The molecule has 0 aromatic carbocycles. The first kappa shape index (κ1) is 11.0. The fraction of sp³-hybridized carbons (Fsp3) is 1.00. The molecule has 0 saturated heterocycles. The Bertz CT molecular complexity index is 126. The van der Waals surface area contributed by atoms with E-state index in [2.05, 4.69) is 4.72 Å². The molecule has 1 aliphatic rings. The second kappa shape index (κ2) is 5.65. The average Bonchev–Trinajstić information content (AvgIpc) is 1.88. The number of hydrogen-bond acceptors (Lipinski definition) is 3. The zero-order valence-corrected chi connectivity index (χ0v) is 7.36. The quantitative estimate of drug-likeness (QED) is 0.616. The Labute approximate surface area is 69.8 Å². The smallest absolute Gasteiger partial charge is 0.0184 e. The van der Waals surface area contributed by atoms with Crippen LogP contribution in [0, 0.1) is 0 Å². The summed E-state index contributed by atoms with van der Waals surface area (Å²) in [7, 11) is 0. The number of nitrogens with one attached hydrogen (secondary N) is 1. The van der Waals surface area contributed by atoms with E-state index in [9.17, 15) is 8.76 Å². The van der Waals surface area contributed by atoms with Crippen molar-refractivity contribution in [3.8, 4) is 0 Å². The van der Waals surface area contributed by atoms with Gasteiger partial charge in [0.25, 0.3) is 0 Å². The van der Waals surface area contributed by atoms with Gasteiger partial charge in [-0.25, -0.2) is 4.72 Å². The van der Waals surface area contributed by atoms with Crippen LogP contribution in [0.25, 0.3) is 0 Å². The third-order valence-corrected chi connectivity index (χ3v) is 2.39. The first-order chi connectivity index (χ1) is 4.79. The molecule has 0 spiro atoms. The second-order valence-electron chi connectivity index (χ2n) is 2.69. The molecule has 0 aromatic heterocycles. The van der Waals surface area contributed by atoms with Crippen molar-refractivity contribution in [2.75, 3.05) is 0 Å². The van der Waals surface area contributed by atoms with Gasteiger partial charge in [-0.15, -0.1) is 0 Å². The molecule has 68 valence electrons. The topological polar surface area (TPSA) is 87.2 Å². The minimum atomic E-state index is -2.06. The van der Waals surface area contributed by atoms with E-state index in [1.54, 1.807) is 0 Å². The Hall–Kier alpha value is 0.0300. The molecule has 1 unspecified atom stereocenters. The summed E-state index contributed by atoms with van der Waals surface area (Å²) in [6, 6.07) is 0.215. The molecule has 0 amide bonds. The van der Waals surface area contributed by atoms with Crippen molar-refractivity contribution < 1.29 is 8.76 Å². The second-order valence-corrected chi connectivity index (χ2v) is 3.39. The van der Waals surface area contributed by atoms with Crippen LogP contribution in [0.1, 0.15) is 32.1 Å². The molecule has 1 atom stereocenters. The van der Waals surface area contributed by atoms with Crippen molar-refractivity contribution in [2.24, 2.45) is 0 Å². The lowest BCUT2D eigenvalue weighted by atomic mass is 9.96. The highest BCUT2D eigenvalue weighted by Gasteiger charge is 2.11. The first-order valence-electron chi connectivity index (χ1n) is 3.64. The lowest BCUT2D eigenvalue weighted by molar-refractivity contribution is 0.405. The third-order valence-electron chi connectivity index (χ3n) is 1.87. The van der Waals surface area contributed by atoms with Crippen LogP contribution < -0.4 is 10.9 Å². The number of rotatable bonds is 2. The summed E-state index contributed by atoms with van der Waals surface area (Å²) in [4.78, 5) is 0. The van der Waals surface area contributed by atoms with Crippen molar-refractivity contribution in [3.63, 3.8) is 0 Å². The van der Waals surface area contributed by atoms with Gasteiger partial charge in [-0.2, -0.15) is 0 Å². The van der Waals surface area contributed by atoms with E-state index >= 15 is 0 Å². The van der Waals surface area contributed by atoms with Gasteiger partial charge in [-0.3, -0.25) is 4.21 Å². The van der Waals surface area contributed by atoms with Crippen LogP contribution in [-0.4, -0.2) is 14.8 Å². The summed E-state index contributed by atoms with van der Waals surface area (Å²) < 4.78 is 22.8. The highest BCUT2D eigenvalue weighted by atomic mass is 32.2. The van der Waals surface area contributed by atoms with Gasteiger partial charge < -0.3 is 10.7 Å². The van der Waals surface area contributed by atoms with Crippen LogP contribution in [0.3, 0.4) is 0 Å². The minimum Gasteiger partial charge on any atom is -0.760 e. The van der Waals surface area contributed by atoms with Crippen molar-refractivity contribution in [2.45, 2.75) is 38.1 Å². The van der Waals surface area contributed by atoms with E-state index in [1.807, 2.05) is 0 Å². The summed E-state index contributed by atoms with van der Waals surface area (Å²) in [5.74, 6) is 0. The van der Waals surface area contributed by atoms with Gasteiger partial charge in [0.2, 0.25) is 0 Å². The SMILES string of the molecule is N.O=S([O-])NC1CCCCC1. The standard InChI is InChI=1S/C6H13NO2S.H3N/c8-10(9)7-6-4-2-1-3-5-6;/h6-7H,1-5H2,(H,8,9);1H3/p-1. The molecule has 11 heavy (non-hydrogen) atoms. The summed E-state index contributed by atoms with van der Waals surface area (Å²) in [5.41, 5.74) is 0. The van der Waals surface area contributed by atoms with E-state index in [-0.39, 0.29) is 12.2 Å².